The molecule has 2 aromatic rings. The van der Waals surface area contributed by atoms with Crippen molar-refractivity contribution in [3.63, 3.8) is 0 Å². The molecule has 108 valence electrons. The number of benzene rings is 1. The van der Waals surface area contributed by atoms with Crippen LogP contribution >= 0.6 is 27.3 Å². The number of hydrogen-bond acceptors (Lipinski definition) is 4. The predicted octanol–water partition coefficient (Wildman–Crippen LogP) is 2.92. The Morgan fingerprint density at radius 2 is 2.05 bits per heavy atom. The van der Waals surface area contributed by atoms with Crippen LogP contribution in [0.1, 0.15) is 10.4 Å². The standard InChI is InChI=1S/C13H15BrN2O2S2/c1-9-2-4-11(8-12(9)15)20(17,18)16-7-6-10-3-5-13(14)19-10/h2-5,8,16H,6-7,15H2,1H3. The first kappa shape index (κ1) is 15.5. The van der Waals surface area contributed by atoms with Crippen LogP contribution in [0.25, 0.3) is 0 Å². The van der Waals surface area contributed by atoms with Crippen LogP contribution in [0, 0.1) is 6.92 Å². The molecule has 2 rings (SSSR count). The topological polar surface area (TPSA) is 72.2 Å². The van der Waals surface area contributed by atoms with Crippen LogP contribution in [0.4, 0.5) is 5.69 Å². The number of nitrogens with two attached hydrogens (primary N) is 1. The maximum Gasteiger partial charge on any atom is 0.240 e. The molecule has 1 aromatic heterocycles. The summed E-state index contributed by atoms with van der Waals surface area (Å²) in [7, 11) is -3.50. The van der Waals surface area contributed by atoms with Gasteiger partial charge in [-0.25, -0.2) is 13.1 Å². The summed E-state index contributed by atoms with van der Waals surface area (Å²) in [6.07, 6.45) is 0.664. The van der Waals surface area contributed by atoms with Crippen LogP contribution in [-0.2, 0) is 16.4 Å². The van der Waals surface area contributed by atoms with Crippen LogP contribution in [0.3, 0.4) is 0 Å². The van der Waals surface area contributed by atoms with E-state index in [0.29, 0.717) is 18.7 Å². The Labute approximate surface area is 131 Å². The molecule has 0 unspecified atom stereocenters. The molecule has 7 heteroatoms. The molecule has 0 bridgehead atoms. The van der Waals surface area contributed by atoms with E-state index in [0.717, 1.165) is 14.2 Å². The third-order valence-corrected chi connectivity index (χ3v) is 6.00. The van der Waals surface area contributed by atoms with E-state index >= 15 is 0 Å². The van der Waals surface area contributed by atoms with Crippen LogP contribution < -0.4 is 10.5 Å². The zero-order valence-electron chi connectivity index (χ0n) is 10.9. The third-order valence-electron chi connectivity index (χ3n) is 2.85. The summed E-state index contributed by atoms with van der Waals surface area (Å²) in [6, 6.07) is 8.69. The Morgan fingerprint density at radius 1 is 1.30 bits per heavy atom. The molecule has 0 fully saturated rings. The fourth-order valence-corrected chi connectivity index (χ4v) is 4.21. The Morgan fingerprint density at radius 3 is 2.65 bits per heavy atom. The molecule has 0 aliphatic heterocycles. The minimum atomic E-state index is -3.50. The maximum absolute atomic E-state index is 12.1. The molecule has 0 aliphatic rings. The fourth-order valence-electron chi connectivity index (χ4n) is 1.66. The van der Waals surface area contributed by atoms with Crippen molar-refractivity contribution in [1.29, 1.82) is 0 Å². The number of anilines is 1. The molecule has 0 saturated carbocycles. The van der Waals surface area contributed by atoms with Crippen molar-refractivity contribution in [2.24, 2.45) is 0 Å². The van der Waals surface area contributed by atoms with Gasteiger partial charge in [-0.3, -0.25) is 0 Å². The average molecular weight is 375 g/mol. The molecule has 0 radical (unpaired) electrons. The van der Waals surface area contributed by atoms with Gasteiger partial charge in [0.15, 0.2) is 0 Å². The lowest BCUT2D eigenvalue weighted by molar-refractivity contribution is 0.582. The number of rotatable bonds is 5. The van der Waals surface area contributed by atoms with Crippen molar-refractivity contribution in [2.45, 2.75) is 18.2 Å². The molecular weight excluding hydrogens is 360 g/mol. The summed E-state index contributed by atoms with van der Waals surface area (Å²) >= 11 is 4.98. The van der Waals surface area contributed by atoms with Gasteiger partial charge in [-0.05, 0) is 59.1 Å². The number of hydrogen-bond donors (Lipinski definition) is 2. The molecule has 0 atom stereocenters. The first-order valence-electron chi connectivity index (χ1n) is 5.98. The molecule has 4 nitrogen and oxygen atoms in total. The number of aryl methyl sites for hydroxylation is 1. The third kappa shape index (κ3) is 3.82. The van der Waals surface area contributed by atoms with Gasteiger partial charge in [-0.15, -0.1) is 11.3 Å². The molecule has 1 aromatic carbocycles. The Hall–Kier alpha value is -0.890. The van der Waals surface area contributed by atoms with Crippen molar-refractivity contribution in [2.75, 3.05) is 12.3 Å². The van der Waals surface area contributed by atoms with Gasteiger partial charge in [0, 0.05) is 17.1 Å². The van der Waals surface area contributed by atoms with E-state index in [4.69, 9.17) is 5.73 Å². The zero-order valence-corrected chi connectivity index (χ0v) is 14.1. The predicted molar refractivity (Wildman–Crippen MR) is 86.5 cm³/mol. The highest BCUT2D eigenvalue weighted by Gasteiger charge is 2.14. The van der Waals surface area contributed by atoms with E-state index in [2.05, 4.69) is 20.7 Å². The molecular formula is C13H15BrN2O2S2. The second-order valence-corrected chi connectivity index (χ2v) is 8.69. The summed E-state index contributed by atoms with van der Waals surface area (Å²) in [5.41, 5.74) is 7.09. The second kappa shape index (κ2) is 6.26. The molecule has 3 N–H and O–H groups in total. The first-order valence-corrected chi connectivity index (χ1v) is 9.08. The van der Waals surface area contributed by atoms with Gasteiger partial charge in [0.25, 0.3) is 0 Å². The average Bonchev–Trinajstić information content (AvgIpc) is 2.78. The van der Waals surface area contributed by atoms with E-state index in [1.807, 2.05) is 19.1 Å². The van der Waals surface area contributed by atoms with Crippen LogP contribution in [0.5, 0.6) is 0 Å². The minimum Gasteiger partial charge on any atom is -0.398 e. The largest absolute Gasteiger partial charge is 0.398 e. The van der Waals surface area contributed by atoms with Gasteiger partial charge >= 0.3 is 0 Å². The summed E-state index contributed by atoms with van der Waals surface area (Å²) < 4.78 is 27.9. The van der Waals surface area contributed by atoms with E-state index in [1.165, 1.54) is 6.07 Å². The molecule has 0 amide bonds. The van der Waals surface area contributed by atoms with E-state index in [-0.39, 0.29) is 4.90 Å². The van der Waals surface area contributed by atoms with Crippen molar-refractivity contribution in [1.82, 2.24) is 4.72 Å². The lowest BCUT2D eigenvalue weighted by Crippen LogP contribution is -2.26. The monoisotopic (exact) mass is 374 g/mol. The Balaban J connectivity index is 2.02. The van der Waals surface area contributed by atoms with Crippen molar-refractivity contribution in [3.05, 3.63) is 44.6 Å². The smallest absolute Gasteiger partial charge is 0.240 e. The zero-order chi connectivity index (χ0) is 14.8. The van der Waals surface area contributed by atoms with Gasteiger partial charge in [0.05, 0.1) is 8.68 Å². The number of halogens is 1. The van der Waals surface area contributed by atoms with Crippen molar-refractivity contribution in [3.8, 4) is 0 Å². The number of nitrogens with one attached hydrogen (secondary N) is 1. The number of nitrogen functional groups attached to an aromatic ring is 1. The van der Waals surface area contributed by atoms with Gasteiger partial charge in [0.1, 0.15) is 0 Å². The lowest BCUT2D eigenvalue weighted by atomic mass is 10.2. The van der Waals surface area contributed by atoms with Crippen LogP contribution in [-0.4, -0.2) is 15.0 Å². The second-order valence-electron chi connectivity index (χ2n) is 4.37. The Bertz CT molecular complexity index is 711. The van der Waals surface area contributed by atoms with Crippen LogP contribution in [0.15, 0.2) is 39.0 Å². The van der Waals surface area contributed by atoms with Crippen LogP contribution in [0.2, 0.25) is 0 Å². The molecule has 0 aliphatic carbocycles. The summed E-state index contributed by atoms with van der Waals surface area (Å²) in [5.74, 6) is 0. The van der Waals surface area contributed by atoms with Gasteiger partial charge in [0.2, 0.25) is 10.0 Å². The van der Waals surface area contributed by atoms with Crippen molar-refractivity contribution >= 4 is 43.0 Å². The summed E-state index contributed by atoms with van der Waals surface area (Å²) in [6.45, 7) is 2.21. The quantitative estimate of drug-likeness (QED) is 0.790. The molecule has 1 heterocycles. The molecule has 0 spiro atoms. The summed E-state index contributed by atoms with van der Waals surface area (Å²) in [5, 5.41) is 0. The minimum absolute atomic E-state index is 0.202. The highest BCUT2D eigenvalue weighted by Crippen LogP contribution is 2.22. The Kier molecular flexibility index (Phi) is 4.85. The SMILES string of the molecule is Cc1ccc(S(=O)(=O)NCCc2ccc(Br)s2)cc1N. The van der Waals surface area contributed by atoms with Gasteiger partial charge in [-0.1, -0.05) is 6.07 Å². The lowest BCUT2D eigenvalue weighted by Gasteiger charge is -2.08. The van der Waals surface area contributed by atoms with E-state index < -0.39 is 10.0 Å². The summed E-state index contributed by atoms with van der Waals surface area (Å²) in [4.78, 5) is 1.33. The molecule has 20 heavy (non-hydrogen) atoms. The van der Waals surface area contributed by atoms with E-state index in [9.17, 15) is 8.42 Å². The van der Waals surface area contributed by atoms with E-state index in [1.54, 1.807) is 23.5 Å². The first-order chi connectivity index (χ1) is 9.38. The number of thiophene rings is 1. The highest BCUT2D eigenvalue weighted by molar-refractivity contribution is 9.11. The molecule has 0 saturated heterocycles. The fraction of sp³-hybridized carbons (Fsp3) is 0.231. The highest BCUT2D eigenvalue weighted by atomic mass is 79.9. The maximum atomic E-state index is 12.1. The normalized spacial score (nSPS) is 11.7. The van der Waals surface area contributed by atoms with Crippen molar-refractivity contribution < 1.29 is 8.42 Å². The van der Waals surface area contributed by atoms with Gasteiger partial charge in [-0.2, -0.15) is 0 Å². The number of sulfonamides is 1. The van der Waals surface area contributed by atoms with Gasteiger partial charge < -0.3 is 5.73 Å².